The monoisotopic (exact) mass is 240 g/mol. The van der Waals surface area contributed by atoms with E-state index in [0.29, 0.717) is 6.04 Å². The Morgan fingerprint density at radius 2 is 2.00 bits per heavy atom. The highest BCUT2D eigenvalue weighted by molar-refractivity contribution is 5.52. The number of aromatic nitrogens is 1. The predicted octanol–water partition coefficient (Wildman–Crippen LogP) is 4.08. The summed E-state index contributed by atoms with van der Waals surface area (Å²) < 4.78 is 2.14. The SMILES string of the molecule is CCC(Nc1cccc(-n2cccc2)c1)C1CC1. The molecule has 1 heterocycles. The molecule has 1 fully saturated rings. The number of nitrogens with one attached hydrogen (secondary N) is 1. The van der Waals surface area contributed by atoms with Crippen molar-refractivity contribution >= 4 is 5.69 Å². The van der Waals surface area contributed by atoms with E-state index in [1.807, 2.05) is 0 Å². The van der Waals surface area contributed by atoms with Crippen molar-refractivity contribution in [3.8, 4) is 5.69 Å². The van der Waals surface area contributed by atoms with E-state index in [1.54, 1.807) is 0 Å². The lowest BCUT2D eigenvalue weighted by Gasteiger charge is -2.18. The molecule has 1 saturated carbocycles. The van der Waals surface area contributed by atoms with Crippen LogP contribution in [0.1, 0.15) is 26.2 Å². The second kappa shape index (κ2) is 4.89. The van der Waals surface area contributed by atoms with Crippen molar-refractivity contribution in [3.63, 3.8) is 0 Å². The van der Waals surface area contributed by atoms with Crippen molar-refractivity contribution in [3.05, 3.63) is 48.8 Å². The Morgan fingerprint density at radius 1 is 1.22 bits per heavy atom. The molecule has 94 valence electrons. The van der Waals surface area contributed by atoms with Crippen LogP contribution >= 0.6 is 0 Å². The van der Waals surface area contributed by atoms with Gasteiger partial charge in [-0.05, 0) is 55.5 Å². The number of benzene rings is 1. The molecule has 1 N–H and O–H groups in total. The molecular formula is C16H20N2. The topological polar surface area (TPSA) is 17.0 Å². The van der Waals surface area contributed by atoms with E-state index in [0.717, 1.165) is 5.92 Å². The highest BCUT2D eigenvalue weighted by Crippen LogP contribution is 2.35. The lowest BCUT2D eigenvalue weighted by atomic mass is 10.1. The van der Waals surface area contributed by atoms with Crippen molar-refractivity contribution in [2.75, 3.05) is 5.32 Å². The van der Waals surface area contributed by atoms with Gasteiger partial charge in [-0.25, -0.2) is 0 Å². The number of anilines is 1. The molecule has 0 aliphatic heterocycles. The Kier molecular flexibility index (Phi) is 3.09. The maximum Gasteiger partial charge on any atom is 0.0469 e. The molecule has 0 amide bonds. The molecule has 1 unspecified atom stereocenters. The van der Waals surface area contributed by atoms with Crippen LogP contribution in [0, 0.1) is 5.92 Å². The molecule has 3 rings (SSSR count). The molecule has 18 heavy (non-hydrogen) atoms. The van der Waals surface area contributed by atoms with E-state index < -0.39 is 0 Å². The average Bonchev–Trinajstić information content (AvgIpc) is 3.10. The number of nitrogens with zero attached hydrogens (tertiary/aromatic N) is 1. The van der Waals surface area contributed by atoms with Gasteiger partial charge in [0.1, 0.15) is 0 Å². The van der Waals surface area contributed by atoms with Gasteiger partial charge >= 0.3 is 0 Å². The van der Waals surface area contributed by atoms with Crippen LogP contribution in [0.3, 0.4) is 0 Å². The Balaban J connectivity index is 1.78. The summed E-state index contributed by atoms with van der Waals surface area (Å²) in [6, 6.07) is 13.4. The van der Waals surface area contributed by atoms with Crippen molar-refractivity contribution in [2.24, 2.45) is 5.92 Å². The van der Waals surface area contributed by atoms with E-state index in [-0.39, 0.29) is 0 Å². The van der Waals surface area contributed by atoms with Gasteiger partial charge in [0.15, 0.2) is 0 Å². The Hall–Kier alpha value is -1.70. The van der Waals surface area contributed by atoms with Crippen LogP contribution in [0.5, 0.6) is 0 Å². The smallest absolute Gasteiger partial charge is 0.0469 e. The maximum absolute atomic E-state index is 3.68. The average molecular weight is 240 g/mol. The number of hydrogen-bond donors (Lipinski definition) is 1. The van der Waals surface area contributed by atoms with E-state index in [4.69, 9.17) is 0 Å². The first-order valence-electron chi connectivity index (χ1n) is 6.87. The molecule has 1 aromatic carbocycles. The summed E-state index contributed by atoms with van der Waals surface area (Å²) >= 11 is 0. The zero-order valence-corrected chi connectivity index (χ0v) is 10.8. The maximum atomic E-state index is 3.68. The zero-order chi connectivity index (χ0) is 12.4. The fourth-order valence-electron chi connectivity index (χ4n) is 2.53. The van der Waals surface area contributed by atoms with Gasteiger partial charge in [0.2, 0.25) is 0 Å². The quantitative estimate of drug-likeness (QED) is 0.833. The molecule has 1 aliphatic rings. The second-order valence-corrected chi connectivity index (χ2v) is 5.14. The highest BCUT2D eigenvalue weighted by atomic mass is 15.0. The summed E-state index contributed by atoms with van der Waals surface area (Å²) in [6.45, 7) is 2.27. The number of rotatable bonds is 5. The van der Waals surface area contributed by atoms with Gasteiger partial charge < -0.3 is 9.88 Å². The minimum Gasteiger partial charge on any atom is -0.382 e. The van der Waals surface area contributed by atoms with Gasteiger partial charge in [0, 0.05) is 29.8 Å². The van der Waals surface area contributed by atoms with Crippen LogP contribution in [-0.2, 0) is 0 Å². The molecule has 1 atom stereocenters. The van der Waals surface area contributed by atoms with Crippen LogP contribution in [0.4, 0.5) is 5.69 Å². The lowest BCUT2D eigenvalue weighted by molar-refractivity contribution is 0.616. The summed E-state index contributed by atoms with van der Waals surface area (Å²) in [6.07, 6.45) is 8.15. The van der Waals surface area contributed by atoms with Crippen LogP contribution in [0.2, 0.25) is 0 Å². The largest absolute Gasteiger partial charge is 0.382 e. The first-order valence-corrected chi connectivity index (χ1v) is 6.87. The third-order valence-corrected chi connectivity index (χ3v) is 3.73. The van der Waals surface area contributed by atoms with Gasteiger partial charge in [0.05, 0.1) is 0 Å². The number of hydrogen-bond acceptors (Lipinski definition) is 1. The van der Waals surface area contributed by atoms with Gasteiger partial charge in [-0.1, -0.05) is 13.0 Å². The van der Waals surface area contributed by atoms with Gasteiger partial charge in [-0.3, -0.25) is 0 Å². The van der Waals surface area contributed by atoms with E-state index in [9.17, 15) is 0 Å². The molecule has 2 nitrogen and oxygen atoms in total. The van der Waals surface area contributed by atoms with Crippen LogP contribution in [0.15, 0.2) is 48.8 Å². The summed E-state index contributed by atoms with van der Waals surface area (Å²) in [7, 11) is 0. The molecule has 0 bridgehead atoms. The standard InChI is InChI=1S/C16H20N2/c1-2-16(13-8-9-13)17-14-6-5-7-15(12-14)18-10-3-4-11-18/h3-7,10-13,16-17H,2,8-9H2,1H3. The van der Waals surface area contributed by atoms with E-state index in [1.165, 1.54) is 30.6 Å². The van der Waals surface area contributed by atoms with Gasteiger partial charge in [-0.2, -0.15) is 0 Å². The van der Waals surface area contributed by atoms with Crippen LogP contribution < -0.4 is 5.32 Å². The Bertz CT molecular complexity index is 498. The summed E-state index contributed by atoms with van der Waals surface area (Å²) in [5.41, 5.74) is 2.45. The predicted molar refractivity (Wildman–Crippen MR) is 76.2 cm³/mol. The zero-order valence-electron chi connectivity index (χ0n) is 10.8. The molecule has 0 radical (unpaired) electrons. The normalized spacial score (nSPS) is 16.5. The molecule has 0 spiro atoms. The van der Waals surface area contributed by atoms with E-state index in [2.05, 4.69) is 65.6 Å². The first-order chi connectivity index (χ1) is 8.86. The highest BCUT2D eigenvalue weighted by Gasteiger charge is 2.29. The van der Waals surface area contributed by atoms with Crippen molar-refractivity contribution in [2.45, 2.75) is 32.2 Å². The molecule has 2 heteroatoms. The minimum atomic E-state index is 0.643. The fourth-order valence-corrected chi connectivity index (χ4v) is 2.53. The van der Waals surface area contributed by atoms with Crippen molar-refractivity contribution in [1.29, 1.82) is 0 Å². The summed E-state index contributed by atoms with van der Waals surface area (Å²) in [5, 5.41) is 3.68. The summed E-state index contributed by atoms with van der Waals surface area (Å²) in [5.74, 6) is 0.894. The lowest BCUT2D eigenvalue weighted by Crippen LogP contribution is -2.20. The first kappa shape index (κ1) is 11.4. The van der Waals surface area contributed by atoms with Gasteiger partial charge in [-0.15, -0.1) is 0 Å². The Morgan fingerprint density at radius 3 is 2.67 bits per heavy atom. The fraction of sp³-hybridized carbons (Fsp3) is 0.375. The minimum absolute atomic E-state index is 0.643. The van der Waals surface area contributed by atoms with Gasteiger partial charge in [0.25, 0.3) is 0 Å². The molecule has 1 aliphatic carbocycles. The Labute approximate surface area is 109 Å². The molecule has 2 aromatic rings. The van der Waals surface area contributed by atoms with Crippen LogP contribution in [0.25, 0.3) is 5.69 Å². The molecule has 0 saturated heterocycles. The second-order valence-electron chi connectivity index (χ2n) is 5.14. The molecular weight excluding hydrogens is 220 g/mol. The third kappa shape index (κ3) is 2.42. The van der Waals surface area contributed by atoms with Crippen molar-refractivity contribution in [1.82, 2.24) is 4.57 Å². The third-order valence-electron chi connectivity index (χ3n) is 3.73. The van der Waals surface area contributed by atoms with E-state index >= 15 is 0 Å². The van der Waals surface area contributed by atoms with Crippen LogP contribution in [-0.4, -0.2) is 10.6 Å². The van der Waals surface area contributed by atoms with Crippen molar-refractivity contribution < 1.29 is 0 Å². The summed E-state index contributed by atoms with van der Waals surface area (Å²) in [4.78, 5) is 0. The molecule has 1 aromatic heterocycles.